The third-order valence-electron chi connectivity index (χ3n) is 6.67. The monoisotopic (exact) mass is 622 g/mol. The predicted octanol–water partition coefficient (Wildman–Crippen LogP) is 7.73. The molecule has 11 heteroatoms. The number of hydrogen-bond acceptors (Lipinski definition) is 8. The fourth-order valence-corrected chi connectivity index (χ4v) is 7.40. The molecule has 0 aliphatic carbocycles. The Morgan fingerprint density at radius 3 is 1.95 bits per heavy atom. The Balaban J connectivity index is 1.91. The third-order valence-corrected chi connectivity index (χ3v) is 10.3. The largest absolute Gasteiger partial charge is 0.394 e. The van der Waals surface area contributed by atoms with E-state index in [1.807, 2.05) is 21.6 Å². The molecule has 0 aliphatic rings. The molecule has 0 bridgehead atoms. The Hall–Kier alpha value is -0.350. The van der Waals surface area contributed by atoms with Gasteiger partial charge in [-0.25, -0.2) is 4.79 Å². The van der Waals surface area contributed by atoms with E-state index in [4.69, 9.17) is 9.26 Å². The standard InChI is InChI=1S/C29H55N2O6PS2/c1-3-4-5-6-7-8-9-10-11-12-13-14-15-17-22-39-40-23-18-16-21-37-38(34,35)26-36-28(25-32)24-31-20-19-27(2)30-29(31)33/h19-20,28,32H,3-18,21-26H2,1-2H3,(H,34,35). The lowest BCUT2D eigenvalue weighted by molar-refractivity contribution is 0.0167. The highest BCUT2D eigenvalue weighted by Crippen LogP contribution is 2.42. The highest BCUT2D eigenvalue weighted by Gasteiger charge is 2.22. The van der Waals surface area contributed by atoms with Crippen LogP contribution in [0.1, 0.15) is 115 Å². The molecule has 0 spiro atoms. The molecule has 40 heavy (non-hydrogen) atoms. The van der Waals surface area contributed by atoms with Crippen molar-refractivity contribution in [1.82, 2.24) is 9.55 Å². The van der Waals surface area contributed by atoms with Gasteiger partial charge in [0.2, 0.25) is 0 Å². The summed E-state index contributed by atoms with van der Waals surface area (Å²) >= 11 is 0. The lowest BCUT2D eigenvalue weighted by atomic mass is 10.0. The van der Waals surface area contributed by atoms with E-state index in [1.54, 1.807) is 19.2 Å². The number of hydrogen-bond donors (Lipinski definition) is 2. The summed E-state index contributed by atoms with van der Waals surface area (Å²) in [4.78, 5) is 25.7. The molecular formula is C29H55N2O6PS2. The molecule has 8 nitrogen and oxygen atoms in total. The average molecular weight is 623 g/mol. The maximum absolute atomic E-state index is 12.2. The Bertz CT molecular complexity index is 845. The fraction of sp³-hybridized carbons (Fsp3) is 0.862. The van der Waals surface area contributed by atoms with E-state index in [0.29, 0.717) is 12.1 Å². The maximum atomic E-state index is 12.2. The first-order valence-corrected chi connectivity index (χ1v) is 19.6. The van der Waals surface area contributed by atoms with Crippen molar-refractivity contribution in [2.45, 2.75) is 129 Å². The minimum atomic E-state index is -3.93. The number of aryl methyl sites for hydroxylation is 1. The van der Waals surface area contributed by atoms with E-state index >= 15 is 0 Å². The average Bonchev–Trinajstić information content (AvgIpc) is 2.93. The molecule has 0 radical (unpaired) electrons. The second-order valence-electron chi connectivity index (χ2n) is 10.5. The number of ether oxygens (including phenoxy) is 1. The van der Waals surface area contributed by atoms with Crippen molar-refractivity contribution in [2.75, 3.05) is 31.1 Å². The Kier molecular flexibility index (Phi) is 23.7. The maximum Gasteiger partial charge on any atom is 0.353 e. The molecule has 1 heterocycles. The highest BCUT2D eigenvalue weighted by atomic mass is 33.1. The summed E-state index contributed by atoms with van der Waals surface area (Å²) in [7, 11) is -0.150. The number of aliphatic hydroxyl groups excluding tert-OH is 1. The van der Waals surface area contributed by atoms with Crippen molar-refractivity contribution in [3.8, 4) is 0 Å². The lowest BCUT2D eigenvalue weighted by Gasteiger charge is -2.19. The summed E-state index contributed by atoms with van der Waals surface area (Å²) in [6.45, 7) is 3.82. The molecule has 0 aromatic carbocycles. The molecule has 2 unspecified atom stereocenters. The van der Waals surface area contributed by atoms with Crippen LogP contribution in [0.15, 0.2) is 17.1 Å². The van der Waals surface area contributed by atoms with Crippen LogP contribution in [0.4, 0.5) is 0 Å². The van der Waals surface area contributed by atoms with E-state index in [1.165, 1.54) is 100 Å². The van der Waals surface area contributed by atoms with Crippen LogP contribution in [-0.2, 0) is 20.4 Å². The van der Waals surface area contributed by atoms with Crippen LogP contribution in [0.2, 0.25) is 0 Å². The van der Waals surface area contributed by atoms with Gasteiger partial charge in [0.25, 0.3) is 0 Å². The zero-order valence-corrected chi connectivity index (χ0v) is 27.5. The molecule has 234 valence electrons. The molecule has 0 saturated heterocycles. The van der Waals surface area contributed by atoms with Gasteiger partial charge in [-0.1, -0.05) is 112 Å². The van der Waals surface area contributed by atoms with Crippen LogP contribution in [0.5, 0.6) is 0 Å². The topological polar surface area (TPSA) is 111 Å². The SMILES string of the molecule is CCCCCCCCCCCCCCCCSSCCCCOP(=O)(O)COC(CO)Cn1ccc(C)nc1=O. The smallest absolute Gasteiger partial charge is 0.353 e. The van der Waals surface area contributed by atoms with Gasteiger partial charge in [-0.05, 0) is 32.3 Å². The van der Waals surface area contributed by atoms with Crippen molar-refractivity contribution >= 4 is 29.2 Å². The molecule has 2 atom stereocenters. The van der Waals surface area contributed by atoms with Crippen LogP contribution >= 0.6 is 29.2 Å². The van der Waals surface area contributed by atoms with Gasteiger partial charge in [-0.3, -0.25) is 9.13 Å². The number of aliphatic hydroxyl groups is 1. The van der Waals surface area contributed by atoms with E-state index in [2.05, 4.69) is 11.9 Å². The molecule has 1 aromatic heterocycles. The summed E-state index contributed by atoms with van der Waals surface area (Å²) in [6, 6.07) is 1.67. The second-order valence-corrected chi connectivity index (χ2v) is 15.0. The Labute approximate surface area is 250 Å². The molecule has 2 N–H and O–H groups in total. The zero-order valence-electron chi connectivity index (χ0n) is 25.0. The summed E-state index contributed by atoms with van der Waals surface area (Å²) < 4.78 is 24.1. The van der Waals surface area contributed by atoms with Gasteiger partial charge in [0.05, 0.1) is 25.9 Å². The van der Waals surface area contributed by atoms with Gasteiger partial charge in [-0.2, -0.15) is 4.98 Å². The zero-order chi connectivity index (χ0) is 29.3. The summed E-state index contributed by atoms with van der Waals surface area (Å²) in [6.07, 6.45) is 21.2. The van der Waals surface area contributed by atoms with Gasteiger partial charge in [0.1, 0.15) is 6.35 Å². The molecule has 1 aromatic rings. The van der Waals surface area contributed by atoms with Crippen molar-refractivity contribution in [1.29, 1.82) is 0 Å². The van der Waals surface area contributed by atoms with Crippen LogP contribution < -0.4 is 5.69 Å². The summed E-state index contributed by atoms with van der Waals surface area (Å²) in [5.74, 6) is 2.17. The predicted molar refractivity (Wildman–Crippen MR) is 170 cm³/mol. The first kappa shape index (κ1) is 37.7. The number of rotatable bonds is 28. The van der Waals surface area contributed by atoms with Crippen LogP contribution in [0, 0.1) is 6.92 Å². The molecule has 0 fully saturated rings. The minimum absolute atomic E-state index is 0.0386. The number of aromatic nitrogens is 2. The van der Waals surface area contributed by atoms with Gasteiger partial charge in [-0.15, -0.1) is 0 Å². The van der Waals surface area contributed by atoms with Crippen molar-refractivity contribution < 1.29 is 23.8 Å². The fourth-order valence-electron chi connectivity index (χ4n) is 4.22. The van der Waals surface area contributed by atoms with Crippen LogP contribution in [0.3, 0.4) is 0 Å². The first-order valence-electron chi connectivity index (χ1n) is 15.3. The minimum Gasteiger partial charge on any atom is -0.394 e. The number of nitrogens with zero attached hydrogens (tertiary/aromatic N) is 2. The Morgan fingerprint density at radius 1 is 0.900 bits per heavy atom. The summed E-state index contributed by atoms with van der Waals surface area (Å²) in [5.41, 5.74) is 0.138. The lowest BCUT2D eigenvalue weighted by Crippen LogP contribution is -2.32. The highest BCUT2D eigenvalue weighted by molar-refractivity contribution is 8.76. The van der Waals surface area contributed by atoms with E-state index in [0.717, 1.165) is 12.2 Å². The van der Waals surface area contributed by atoms with Gasteiger partial charge in [0.15, 0.2) is 0 Å². The van der Waals surface area contributed by atoms with Gasteiger partial charge >= 0.3 is 13.3 Å². The molecule has 0 amide bonds. The number of unbranched alkanes of at least 4 members (excludes halogenated alkanes) is 14. The first-order chi connectivity index (χ1) is 19.4. The normalized spacial score (nSPS) is 13.9. The van der Waals surface area contributed by atoms with Crippen molar-refractivity contribution in [2.24, 2.45) is 0 Å². The molecule has 1 rings (SSSR count). The molecule has 0 aliphatic heterocycles. The van der Waals surface area contributed by atoms with Crippen LogP contribution in [0.25, 0.3) is 0 Å². The quantitative estimate of drug-likeness (QED) is 0.0551. The van der Waals surface area contributed by atoms with Gasteiger partial charge in [0, 0.05) is 23.4 Å². The van der Waals surface area contributed by atoms with Gasteiger partial charge < -0.3 is 19.3 Å². The van der Waals surface area contributed by atoms with E-state index < -0.39 is 32.3 Å². The van der Waals surface area contributed by atoms with Crippen molar-refractivity contribution in [3.05, 3.63) is 28.4 Å². The van der Waals surface area contributed by atoms with E-state index in [9.17, 15) is 19.4 Å². The Morgan fingerprint density at radius 2 is 1.43 bits per heavy atom. The molecular weight excluding hydrogens is 567 g/mol. The molecule has 0 saturated carbocycles. The van der Waals surface area contributed by atoms with Crippen LogP contribution in [-0.4, -0.2) is 56.7 Å². The second kappa shape index (κ2) is 25.2. The van der Waals surface area contributed by atoms with E-state index in [-0.39, 0.29) is 13.2 Å². The van der Waals surface area contributed by atoms with Crippen molar-refractivity contribution in [3.63, 3.8) is 0 Å². The summed E-state index contributed by atoms with van der Waals surface area (Å²) in [5, 5.41) is 9.51. The third kappa shape index (κ3) is 21.4.